The fourth-order valence-electron chi connectivity index (χ4n) is 2.29. The Morgan fingerprint density at radius 2 is 2.11 bits per heavy atom. The molecule has 1 atom stereocenters. The van der Waals surface area contributed by atoms with Gasteiger partial charge in [0.25, 0.3) is 0 Å². The van der Waals surface area contributed by atoms with Crippen LogP contribution in [0.25, 0.3) is 0 Å². The Morgan fingerprint density at radius 1 is 1.33 bits per heavy atom. The number of morpholine rings is 1. The second-order valence-electron chi connectivity index (χ2n) is 4.57. The van der Waals surface area contributed by atoms with Crippen molar-refractivity contribution in [3.8, 4) is 0 Å². The van der Waals surface area contributed by atoms with Crippen LogP contribution in [0.3, 0.4) is 0 Å². The average molecular weight is 248 g/mol. The van der Waals surface area contributed by atoms with E-state index in [0.717, 1.165) is 19.4 Å². The van der Waals surface area contributed by atoms with Crippen molar-refractivity contribution >= 4 is 5.91 Å². The van der Waals surface area contributed by atoms with Crippen LogP contribution in [0.4, 0.5) is 0 Å². The molecule has 18 heavy (non-hydrogen) atoms. The van der Waals surface area contributed by atoms with Crippen LogP contribution in [-0.2, 0) is 16.0 Å². The number of carbonyl (C=O) groups excluding carboxylic acids is 1. The minimum atomic E-state index is 0.0793. The molecule has 1 aromatic rings. The summed E-state index contributed by atoms with van der Waals surface area (Å²) in [6.07, 6.45) is 1.69. The van der Waals surface area contributed by atoms with Gasteiger partial charge in [-0.2, -0.15) is 0 Å². The van der Waals surface area contributed by atoms with Gasteiger partial charge >= 0.3 is 0 Å². The lowest BCUT2D eigenvalue weighted by atomic mass is 10.1. The summed E-state index contributed by atoms with van der Waals surface area (Å²) in [5, 5.41) is 0. The van der Waals surface area contributed by atoms with Crippen LogP contribution in [-0.4, -0.2) is 43.2 Å². The Kier molecular flexibility index (Phi) is 4.73. The Morgan fingerprint density at radius 3 is 2.83 bits per heavy atom. The van der Waals surface area contributed by atoms with E-state index in [1.165, 1.54) is 5.56 Å². The maximum Gasteiger partial charge on any atom is 0.248 e. The largest absolute Gasteiger partial charge is 0.369 e. The monoisotopic (exact) mass is 248 g/mol. The molecule has 0 aromatic heterocycles. The van der Waals surface area contributed by atoms with E-state index < -0.39 is 0 Å². The van der Waals surface area contributed by atoms with Gasteiger partial charge in [-0.25, -0.2) is 0 Å². The standard InChI is InChI=1S/C14H20N2O2/c15-8-6-13-10-18-11-14(17)16(13)9-7-12-4-2-1-3-5-12/h1-5,13H,6-11,15H2. The van der Waals surface area contributed by atoms with Gasteiger partial charge in [-0.05, 0) is 24.9 Å². The van der Waals surface area contributed by atoms with Crippen molar-refractivity contribution in [2.24, 2.45) is 5.73 Å². The van der Waals surface area contributed by atoms with Crippen molar-refractivity contribution in [3.63, 3.8) is 0 Å². The van der Waals surface area contributed by atoms with Crippen LogP contribution < -0.4 is 5.73 Å². The van der Waals surface area contributed by atoms with Gasteiger partial charge in [-0.1, -0.05) is 30.3 Å². The van der Waals surface area contributed by atoms with Crippen LogP contribution in [0.5, 0.6) is 0 Å². The molecule has 1 unspecified atom stereocenters. The number of benzene rings is 1. The molecular weight excluding hydrogens is 228 g/mol. The molecule has 1 saturated heterocycles. The predicted octanol–water partition coefficient (Wildman–Crippen LogP) is 0.805. The summed E-state index contributed by atoms with van der Waals surface area (Å²) in [6.45, 7) is 2.15. The first-order valence-electron chi connectivity index (χ1n) is 6.42. The summed E-state index contributed by atoms with van der Waals surface area (Å²) in [5.74, 6) is 0.0793. The van der Waals surface area contributed by atoms with Gasteiger partial charge < -0.3 is 15.4 Å². The van der Waals surface area contributed by atoms with Gasteiger partial charge in [-0.15, -0.1) is 0 Å². The SMILES string of the molecule is NCCC1COCC(=O)N1CCc1ccccc1. The number of nitrogens with two attached hydrogens (primary N) is 1. The van der Waals surface area contributed by atoms with Crippen molar-refractivity contribution in [3.05, 3.63) is 35.9 Å². The molecule has 0 bridgehead atoms. The number of carbonyl (C=O) groups is 1. The van der Waals surface area contributed by atoms with Crippen molar-refractivity contribution in [2.45, 2.75) is 18.9 Å². The lowest BCUT2D eigenvalue weighted by Crippen LogP contribution is -2.50. The van der Waals surface area contributed by atoms with Gasteiger partial charge in [0.15, 0.2) is 0 Å². The third-order valence-corrected chi connectivity index (χ3v) is 3.28. The molecule has 0 aliphatic carbocycles. The van der Waals surface area contributed by atoms with E-state index in [9.17, 15) is 4.79 Å². The maximum absolute atomic E-state index is 11.9. The quantitative estimate of drug-likeness (QED) is 0.838. The number of nitrogens with zero attached hydrogens (tertiary/aromatic N) is 1. The first-order valence-corrected chi connectivity index (χ1v) is 6.42. The Labute approximate surface area is 108 Å². The minimum absolute atomic E-state index is 0.0793. The lowest BCUT2D eigenvalue weighted by Gasteiger charge is -2.35. The highest BCUT2D eigenvalue weighted by Gasteiger charge is 2.27. The lowest BCUT2D eigenvalue weighted by molar-refractivity contribution is -0.148. The Balaban J connectivity index is 1.94. The molecule has 4 heteroatoms. The molecule has 2 N–H and O–H groups in total. The van der Waals surface area contributed by atoms with Gasteiger partial charge in [0.1, 0.15) is 6.61 Å². The normalized spacial score (nSPS) is 20.2. The molecule has 0 spiro atoms. The fraction of sp³-hybridized carbons (Fsp3) is 0.500. The molecule has 1 aliphatic rings. The zero-order valence-corrected chi connectivity index (χ0v) is 10.5. The zero-order chi connectivity index (χ0) is 12.8. The van der Waals surface area contributed by atoms with Crippen LogP contribution in [0, 0.1) is 0 Å². The molecule has 1 heterocycles. The molecular formula is C14H20N2O2. The molecule has 0 radical (unpaired) electrons. The van der Waals surface area contributed by atoms with Crippen LogP contribution in [0.1, 0.15) is 12.0 Å². The number of ether oxygens (including phenoxy) is 1. The highest BCUT2D eigenvalue weighted by Crippen LogP contribution is 2.12. The highest BCUT2D eigenvalue weighted by atomic mass is 16.5. The minimum Gasteiger partial charge on any atom is -0.369 e. The summed E-state index contributed by atoms with van der Waals surface area (Å²) in [6, 6.07) is 10.4. The third kappa shape index (κ3) is 3.31. The third-order valence-electron chi connectivity index (χ3n) is 3.28. The van der Waals surface area contributed by atoms with Gasteiger partial charge in [0.2, 0.25) is 5.91 Å². The number of hydrogen-bond donors (Lipinski definition) is 1. The molecule has 1 aromatic carbocycles. The van der Waals surface area contributed by atoms with E-state index >= 15 is 0 Å². The average Bonchev–Trinajstić information content (AvgIpc) is 2.40. The summed E-state index contributed by atoms with van der Waals surface area (Å²) in [5.41, 5.74) is 6.83. The van der Waals surface area contributed by atoms with Crippen molar-refractivity contribution in [2.75, 3.05) is 26.3 Å². The topological polar surface area (TPSA) is 55.6 Å². The van der Waals surface area contributed by atoms with E-state index in [1.54, 1.807) is 0 Å². The molecule has 1 fully saturated rings. The summed E-state index contributed by atoms with van der Waals surface area (Å²) >= 11 is 0. The number of hydrogen-bond acceptors (Lipinski definition) is 3. The van der Waals surface area contributed by atoms with E-state index in [2.05, 4.69) is 12.1 Å². The summed E-state index contributed by atoms with van der Waals surface area (Å²) in [7, 11) is 0. The predicted molar refractivity (Wildman–Crippen MR) is 70.1 cm³/mol. The molecule has 2 rings (SSSR count). The smallest absolute Gasteiger partial charge is 0.248 e. The van der Waals surface area contributed by atoms with Crippen molar-refractivity contribution in [1.82, 2.24) is 4.90 Å². The molecule has 4 nitrogen and oxygen atoms in total. The number of amides is 1. The summed E-state index contributed by atoms with van der Waals surface area (Å²) < 4.78 is 5.28. The number of rotatable bonds is 5. The van der Waals surface area contributed by atoms with Crippen LogP contribution in [0.15, 0.2) is 30.3 Å². The molecule has 0 saturated carbocycles. The van der Waals surface area contributed by atoms with E-state index in [-0.39, 0.29) is 18.6 Å². The van der Waals surface area contributed by atoms with Crippen LogP contribution >= 0.6 is 0 Å². The van der Waals surface area contributed by atoms with Crippen molar-refractivity contribution < 1.29 is 9.53 Å². The molecule has 1 aliphatic heterocycles. The molecule has 98 valence electrons. The van der Waals surface area contributed by atoms with E-state index in [0.29, 0.717) is 13.2 Å². The Hall–Kier alpha value is -1.39. The van der Waals surface area contributed by atoms with Crippen LogP contribution in [0.2, 0.25) is 0 Å². The fourth-order valence-corrected chi connectivity index (χ4v) is 2.29. The first-order chi connectivity index (χ1) is 8.81. The molecule has 1 amide bonds. The first kappa shape index (κ1) is 13.1. The zero-order valence-electron chi connectivity index (χ0n) is 10.5. The van der Waals surface area contributed by atoms with E-state index in [1.807, 2.05) is 23.1 Å². The second kappa shape index (κ2) is 6.52. The van der Waals surface area contributed by atoms with Crippen molar-refractivity contribution in [1.29, 1.82) is 0 Å². The van der Waals surface area contributed by atoms with E-state index in [4.69, 9.17) is 10.5 Å². The second-order valence-corrected chi connectivity index (χ2v) is 4.57. The maximum atomic E-state index is 11.9. The summed E-state index contributed by atoms with van der Waals surface area (Å²) in [4.78, 5) is 13.8. The van der Waals surface area contributed by atoms with Gasteiger partial charge in [0.05, 0.1) is 12.6 Å². The highest BCUT2D eigenvalue weighted by molar-refractivity contribution is 5.78. The van der Waals surface area contributed by atoms with Gasteiger partial charge in [-0.3, -0.25) is 4.79 Å². The Bertz CT molecular complexity index is 379. The van der Waals surface area contributed by atoms with Gasteiger partial charge in [0, 0.05) is 6.54 Å².